The van der Waals surface area contributed by atoms with E-state index in [-0.39, 0.29) is 10.8 Å². The average molecular weight is 294 g/mol. The molecule has 1 aromatic carbocycles. The number of benzene rings is 1. The molecular weight excluding hydrogens is 282 g/mol. The normalized spacial score (nSPS) is 9.95. The van der Waals surface area contributed by atoms with Crippen molar-refractivity contribution in [2.45, 2.75) is 0 Å². The van der Waals surface area contributed by atoms with Crippen LogP contribution in [-0.4, -0.2) is 30.1 Å². The van der Waals surface area contributed by atoms with Gasteiger partial charge in [0.15, 0.2) is 0 Å². The molecule has 0 aliphatic heterocycles. The van der Waals surface area contributed by atoms with Gasteiger partial charge in [-0.25, -0.2) is 4.98 Å². The van der Waals surface area contributed by atoms with Gasteiger partial charge < -0.3 is 14.8 Å². The first-order valence-corrected chi connectivity index (χ1v) is 6.02. The summed E-state index contributed by atoms with van der Waals surface area (Å²) in [6, 6.07) is 5.05. The van der Waals surface area contributed by atoms with E-state index in [9.17, 15) is 4.79 Å². The lowest BCUT2D eigenvalue weighted by Gasteiger charge is -2.11. The summed E-state index contributed by atoms with van der Waals surface area (Å²) in [4.78, 5) is 19.7. The second-order valence-electron chi connectivity index (χ2n) is 3.75. The number of carbonyl (C=O) groups is 1. The molecule has 0 fully saturated rings. The quantitative estimate of drug-likeness (QED) is 0.937. The van der Waals surface area contributed by atoms with Crippen LogP contribution in [0.5, 0.6) is 11.5 Å². The molecule has 1 heterocycles. The van der Waals surface area contributed by atoms with Gasteiger partial charge in [-0.15, -0.1) is 0 Å². The lowest BCUT2D eigenvalue weighted by atomic mass is 10.2. The first-order valence-electron chi connectivity index (χ1n) is 5.65. The number of ether oxygens (including phenoxy) is 2. The largest absolute Gasteiger partial charge is 0.497 e. The molecule has 0 atom stereocenters. The number of amides is 1. The van der Waals surface area contributed by atoms with E-state index in [0.29, 0.717) is 17.2 Å². The van der Waals surface area contributed by atoms with Crippen LogP contribution in [-0.2, 0) is 0 Å². The van der Waals surface area contributed by atoms with Crippen LogP contribution in [0.2, 0.25) is 5.15 Å². The van der Waals surface area contributed by atoms with E-state index >= 15 is 0 Å². The maximum absolute atomic E-state index is 12.0. The molecule has 0 unspecified atom stereocenters. The highest BCUT2D eigenvalue weighted by Gasteiger charge is 2.12. The summed E-state index contributed by atoms with van der Waals surface area (Å²) in [5.41, 5.74) is 0.621. The number of nitrogens with zero attached hydrogens (tertiary/aromatic N) is 2. The van der Waals surface area contributed by atoms with Gasteiger partial charge in [0.05, 0.1) is 32.3 Å². The second kappa shape index (κ2) is 6.21. The molecule has 2 rings (SSSR count). The first kappa shape index (κ1) is 14.1. The molecule has 7 heteroatoms. The molecule has 104 valence electrons. The zero-order valence-corrected chi connectivity index (χ0v) is 11.6. The Kier molecular flexibility index (Phi) is 4.37. The van der Waals surface area contributed by atoms with Gasteiger partial charge in [-0.2, -0.15) is 0 Å². The molecule has 0 saturated heterocycles. The van der Waals surface area contributed by atoms with Crippen LogP contribution in [0.3, 0.4) is 0 Å². The Hall–Kier alpha value is -2.34. The minimum atomic E-state index is -0.427. The van der Waals surface area contributed by atoms with E-state index in [1.807, 2.05) is 0 Å². The van der Waals surface area contributed by atoms with Crippen LogP contribution >= 0.6 is 11.6 Å². The lowest BCUT2D eigenvalue weighted by molar-refractivity contribution is 0.102. The monoisotopic (exact) mass is 293 g/mol. The minimum absolute atomic E-state index is 0.121. The van der Waals surface area contributed by atoms with Crippen LogP contribution < -0.4 is 14.8 Å². The molecule has 0 radical (unpaired) electrons. The molecular formula is C13H12ClN3O3. The summed E-state index contributed by atoms with van der Waals surface area (Å²) in [5.74, 6) is 0.679. The fraction of sp³-hybridized carbons (Fsp3) is 0.154. The van der Waals surface area contributed by atoms with Crippen molar-refractivity contribution in [3.05, 3.63) is 41.4 Å². The van der Waals surface area contributed by atoms with E-state index in [2.05, 4.69) is 15.3 Å². The summed E-state index contributed by atoms with van der Waals surface area (Å²) >= 11 is 5.70. The summed E-state index contributed by atoms with van der Waals surface area (Å²) in [6.45, 7) is 0. The van der Waals surface area contributed by atoms with Crippen molar-refractivity contribution in [1.29, 1.82) is 0 Å². The molecule has 1 N–H and O–H groups in total. The van der Waals surface area contributed by atoms with Crippen molar-refractivity contribution < 1.29 is 14.3 Å². The lowest BCUT2D eigenvalue weighted by Crippen LogP contribution is -2.14. The number of nitrogens with one attached hydrogen (secondary N) is 1. The number of rotatable bonds is 4. The first-order chi connectivity index (χ1) is 9.63. The SMILES string of the molecule is COc1ccc(NC(=O)c2cncc(Cl)n2)c(OC)c1. The van der Waals surface area contributed by atoms with Gasteiger partial charge in [0, 0.05) is 6.07 Å². The van der Waals surface area contributed by atoms with Crippen molar-refractivity contribution >= 4 is 23.2 Å². The van der Waals surface area contributed by atoms with Crippen molar-refractivity contribution in [1.82, 2.24) is 9.97 Å². The van der Waals surface area contributed by atoms with Gasteiger partial charge in [-0.05, 0) is 12.1 Å². The highest BCUT2D eigenvalue weighted by Crippen LogP contribution is 2.29. The molecule has 1 amide bonds. The Morgan fingerprint density at radius 1 is 1.25 bits per heavy atom. The molecule has 20 heavy (non-hydrogen) atoms. The van der Waals surface area contributed by atoms with Gasteiger partial charge in [-0.3, -0.25) is 9.78 Å². The second-order valence-corrected chi connectivity index (χ2v) is 4.13. The summed E-state index contributed by atoms with van der Waals surface area (Å²) in [6.07, 6.45) is 2.68. The van der Waals surface area contributed by atoms with Crippen LogP contribution in [0, 0.1) is 0 Å². The highest BCUT2D eigenvalue weighted by atomic mass is 35.5. The van der Waals surface area contributed by atoms with E-state index in [1.54, 1.807) is 25.3 Å². The van der Waals surface area contributed by atoms with Crippen molar-refractivity contribution in [2.75, 3.05) is 19.5 Å². The molecule has 6 nitrogen and oxygen atoms in total. The van der Waals surface area contributed by atoms with Gasteiger partial charge in [-0.1, -0.05) is 11.6 Å². The van der Waals surface area contributed by atoms with Gasteiger partial charge in [0.2, 0.25) is 0 Å². The van der Waals surface area contributed by atoms with Gasteiger partial charge in [0.1, 0.15) is 22.3 Å². The zero-order chi connectivity index (χ0) is 14.5. The van der Waals surface area contributed by atoms with Crippen molar-refractivity contribution in [3.63, 3.8) is 0 Å². The van der Waals surface area contributed by atoms with Crippen LogP contribution in [0.4, 0.5) is 5.69 Å². The molecule has 1 aromatic heterocycles. The van der Waals surface area contributed by atoms with Crippen LogP contribution in [0.15, 0.2) is 30.6 Å². The molecule has 0 aliphatic carbocycles. The number of carbonyl (C=O) groups excluding carboxylic acids is 1. The van der Waals surface area contributed by atoms with E-state index < -0.39 is 5.91 Å². The average Bonchev–Trinajstić information content (AvgIpc) is 2.47. The summed E-state index contributed by atoms with van der Waals surface area (Å²) < 4.78 is 10.3. The van der Waals surface area contributed by atoms with E-state index in [0.717, 1.165) is 0 Å². The van der Waals surface area contributed by atoms with Crippen LogP contribution in [0.1, 0.15) is 10.5 Å². The fourth-order valence-corrected chi connectivity index (χ4v) is 1.69. The highest BCUT2D eigenvalue weighted by molar-refractivity contribution is 6.29. The van der Waals surface area contributed by atoms with Crippen molar-refractivity contribution in [2.24, 2.45) is 0 Å². The van der Waals surface area contributed by atoms with E-state index in [1.165, 1.54) is 19.5 Å². The maximum Gasteiger partial charge on any atom is 0.276 e. The third-order valence-corrected chi connectivity index (χ3v) is 2.68. The Bertz CT molecular complexity index is 634. The van der Waals surface area contributed by atoms with E-state index in [4.69, 9.17) is 21.1 Å². The smallest absolute Gasteiger partial charge is 0.276 e. The third kappa shape index (κ3) is 3.16. The predicted octanol–water partition coefficient (Wildman–Crippen LogP) is 2.40. The third-order valence-electron chi connectivity index (χ3n) is 2.49. The van der Waals surface area contributed by atoms with Gasteiger partial charge >= 0.3 is 0 Å². The number of aromatic nitrogens is 2. The fourth-order valence-electron chi connectivity index (χ4n) is 1.54. The number of methoxy groups -OCH3 is 2. The Labute approximate surface area is 120 Å². The number of hydrogen-bond donors (Lipinski definition) is 1. The molecule has 0 saturated carbocycles. The summed E-state index contributed by atoms with van der Waals surface area (Å²) in [7, 11) is 3.05. The Balaban J connectivity index is 2.23. The molecule has 2 aromatic rings. The number of hydrogen-bond acceptors (Lipinski definition) is 5. The topological polar surface area (TPSA) is 73.3 Å². The van der Waals surface area contributed by atoms with Gasteiger partial charge in [0.25, 0.3) is 5.91 Å². The maximum atomic E-state index is 12.0. The van der Waals surface area contributed by atoms with Crippen molar-refractivity contribution in [3.8, 4) is 11.5 Å². The summed E-state index contributed by atoms with van der Waals surface area (Å²) in [5, 5.41) is 2.83. The Morgan fingerprint density at radius 3 is 2.70 bits per heavy atom. The standard InChI is InChI=1S/C13H12ClN3O3/c1-19-8-3-4-9(11(5-8)20-2)17-13(18)10-6-15-7-12(14)16-10/h3-7H,1-2H3,(H,17,18). The van der Waals surface area contributed by atoms with Crippen LogP contribution in [0.25, 0.3) is 0 Å². The molecule has 0 aliphatic rings. The number of halogens is 1. The number of anilines is 1. The molecule has 0 spiro atoms. The Morgan fingerprint density at radius 2 is 2.05 bits per heavy atom. The predicted molar refractivity (Wildman–Crippen MR) is 74.5 cm³/mol. The molecule has 0 bridgehead atoms. The zero-order valence-electron chi connectivity index (χ0n) is 10.9. The minimum Gasteiger partial charge on any atom is -0.497 e.